The van der Waals surface area contributed by atoms with E-state index in [9.17, 15) is 19.1 Å². The average Bonchev–Trinajstić information content (AvgIpc) is 2.83. The van der Waals surface area contributed by atoms with Gasteiger partial charge in [0, 0.05) is 12.5 Å². The highest BCUT2D eigenvalue weighted by Gasteiger charge is 2.41. The number of carbonyl (C=O) groups excluding carboxylic acids is 1. The summed E-state index contributed by atoms with van der Waals surface area (Å²) in [6, 6.07) is 4.99. The van der Waals surface area contributed by atoms with Gasteiger partial charge >= 0.3 is 12.1 Å². The molecule has 1 amide bonds. The van der Waals surface area contributed by atoms with E-state index in [1.807, 2.05) is 0 Å². The molecular weight excluding hydrogens is 289 g/mol. The Balaban J connectivity index is 2.17. The molecule has 0 aliphatic carbocycles. The summed E-state index contributed by atoms with van der Waals surface area (Å²) in [7, 11) is 0. The predicted octanol–water partition coefficient (Wildman–Crippen LogP) is 3.00. The second-order valence-electron chi connectivity index (χ2n) is 6.47. The Kier molecular flexibility index (Phi) is 4.39. The number of carbonyl (C=O) groups is 2. The lowest BCUT2D eigenvalue weighted by atomic mass is 9.96. The van der Waals surface area contributed by atoms with Gasteiger partial charge in [-0.3, -0.25) is 4.90 Å². The van der Waals surface area contributed by atoms with Gasteiger partial charge in [-0.05, 0) is 44.9 Å². The largest absolute Gasteiger partial charge is 0.480 e. The molecule has 22 heavy (non-hydrogen) atoms. The molecule has 0 spiro atoms. The molecule has 1 aliphatic rings. The van der Waals surface area contributed by atoms with Gasteiger partial charge in [-0.15, -0.1) is 0 Å². The van der Waals surface area contributed by atoms with Crippen LogP contribution in [0.3, 0.4) is 0 Å². The maximum atomic E-state index is 13.0. The highest BCUT2D eigenvalue weighted by Crippen LogP contribution is 2.33. The number of ether oxygens (including phenoxy) is 1. The quantitative estimate of drug-likeness (QED) is 0.912. The zero-order valence-electron chi connectivity index (χ0n) is 12.9. The second-order valence-corrected chi connectivity index (χ2v) is 6.47. The molecule has 0 radical (unpaired) electrons. The standard InChI is InChI=1S/C16H20FNO4/c1-16(2,3)22-15(21)18-9-11(8-13(18)14(19)20)10-4-6-12(17)7-5-10/h4-7,11,13H,8-9H2,1-3H3,(H,19,20)/t11-,13+/m0/s1. The van der Waals surface area contributed by atoms with Gasteiger partial charge in [-0.1, -0.05) is 12.1 Å². The van der Waals surface area contributed by atoms with Gasteiger partial charge in [0.15, 0.2) is 0 Å². The summed E-state index contributed by atoms with van der Waals surface area (Å²) in [5.74, 6) is -1.55. The predicted molar refractivity (Wildman–Crippen MR) is 78.1 cm³/mol. The van der Waals surface area contributed by atoms with Crippen molar-refractivity contribution in [1.29, 1.82) is 0 Å². The zero-order chi connectivity index (χ0) is 16.5. The minimum Gasteiger partial charge on any atom is -0.480 e. The molecule has 0 bridgehead atoms. The number of rotatable bonds is 2. The van der Waals surface area contributed by atoms with E-state index in [1.165, 1.54) is 17.0 Å². The van der Waals surface area contributed by atoms with Crippen LogP contribution in [0.4, 0.5) is 9.18 Å². The lowest BCUT2D eigenvalue weighted by Gasteiger charge is -2.26. The molecule has 2 atom stereocenters. The zero-order valence-corrected chi connectivity index (χ0v) is 12.9. The fourth-order valence-corrected chi connectivity index (χ4v) is 2.57. The number of nitrogens with zero attached hydrogens (tertiary/aromatic N) is 1. The normalized spacial score (nSPS) is 21.7. The summed E-state index contributed by atoms with van der Waals surface area (Å²) in [4.78, 5) is 24.8. The Morgan fingerprint density at radius 3 is 2.36 bits per heavy atom. The van der Waals surface area contributed by atoms with Crippen LogP contribution in [0, 0.1) is 5.82 Å². The highest BCUT2D eigenvalue weighted by molar-refractivity contribution is 5.81. The Morgan fingerprint density at radius 1 is 1.27 bits per heavy atom. The van der Waals surface area contributed by atoms with E-state index in [2.05, 4.69) is 0 Å². The lowest BCUT2D eigenvalue weighted by Crippen LogP contribution is -2.43. The number of amides is 1. The molecule has 1 aromatic carbocycles. The van der Waals surface area contributed by atoms with Crippen LogP contribution in [0.15, 0.2) is 24.3 Å². The number of benzene rings is 1. The van der Waals surface area contributed by atoms with E-state index in [-0.39, 0.29) is 18.3 Å². The number of halogens is 1. The SMILES string of the molecule is CC(C)(C)OC(=O)N1C[C@@H](c2ccc(F)cc2)C[C@@H]1C(=O)O. The monoisotopic (exact) mass is 309 g/mol. The third kappa shape index (κ3) is 3.75. The molecule has 0 saturated carbocycles. The first kappa shape index (κ1) is 16.3. The van der Waals surface area contributed by atoms with Crippen LogP contribution in [-0.4, -0.2) is 40.3 Å². The molecular formula is C16H20FNO4. The van der Waals surface area contributed by atoms with Crippen molar-refractivity contribution in [2.24, 2.45) is 0 Å². The van der Waals surface area contributed by atoms with Gasteiger partial charge in [-0.25, -0.2) is 14.0 Å². The third-order valence-corrected chi connectivity index (χ3v) is 3.56. The molecule has 0 unspecified atom stereocenters. The smallest absolute Gasteiger partial charge is 0.411 e. The van der Waals surface area contributed by atoms with Crippen molar-refractivity contribution in [1.82, 2.24) is 4.90 Å². The van der Waals surface area contributed by atoms with E-state index in [1.54, 1.807) is 32.9 Å². The van der Waals surface area contributed by atoms with Gasteiger partial charge in [0.25, 0.3) is 0 Å². The van der Waals surface area contributed by atoms with E-state index < -0.39 is 23.7 Å². The van der Waals surface area contributed by atoms with Gasteiger partial charge < -0.3 is 9.84 Å². The molecule has 1 fully saturated rings. The van der Waals surface area contributed by atoms with E-state index in [0.717, 1.165) is 5.56 Å². The number of hydrogen-bond acceptors (Lipinski definition) is 3. The van der Waals surface area contributed by atoms with Crippen LogP contribution in [0.25, 0.3) is 0 Å². The number of likely N-dealkylation sites (tertiary alicyclic amines) is 1. The minimum absolute atomic E-state index is 0.144. The van der Waals surface area contributed by atoms with Gasteiger partial charge in [-0.2, -0.15) is 0 Å². The summed E-state index contributed by atoms with van der Waals surface area (Å²) in [5, 5.41) is 9.33. The van der Waals surface area contributed by atoms with Crippen LogP contribution in [0.2, 0.25) is 0 Å². The summed E-state index contributed by atoms with van der Waals surface area (Å²) in [5.41, 5.74) is 0.132. The minimum atomic E-state index is -1.06. The molecule has 120 valence electrons. The summed E-state index contributed by atoms with van der Waals surface area (Å²) in [6.45, 7) is 5.44. The molecule has 2 rings (SSSR count). The maximum Gasteiger partial charge on any atom is 0.411 e. The summed E-state index contributed by atoms with van der Waals surface area (Å²) >= 11 is 0. The molecule has 5 nitrogen and oxygen atoms in total. The van der Waals surface area contributed by atoms with E-state index >= 15 is 0 Å². The number of aliphatic carboxylic acids is 1. The van der Waals surface area contributed by atoms with Crippen molar-refractivity contribution in [3.63, 3.8) is 0 Å². The van der Waals surface area contributed by atoms with Crippen molar-refractivity contribution in [3.05, 3.63) is 35.6 Å². The highest BCUT2D eigenvalue weighted by atomic mass is 19.1. The van der Waals surface area contributed by atoms with Crippen molar-refractivity contribution in [3.8, 4) is 0 Å². The van der Waals surface area contributed by atoms with Crippen molar-refractivity contribution in [2.45, 2.75) is 44.8 Å². The number of carboxylic acids is 1. The number of hydrogen-bond donors (Lipinski definition) is 1. The van der Waals surface area contributed by atoms with Gasteiger partial charge in [0.1, 0.15) is 17.5 Å². The molecule has 6 heteroatoms. The van der Waals surface area contributed by atoms with Crippen LogP contribution in [0.1, 0.15) is 38.7 Å². The fourth-order valence-electron chi connectivity index (χ4n) is 2.57. The Morgan fingerprint density at radius 2 is 1.86 bits per heavy atom. The Labute approximate surface area is 128 Å². The maximum absolute atomic E-state index is 13.0. The first-order chi connectivity index (χ1) is 10.2. The number of carboxylic acid groups (broad SMARTS) is 1. The second kappa shape index (κ2) is 5.94. The van der Waals surface area contributed by atoms with E-state index in [0.29, 0.717) is 6.42 Å². The van der Waals surface area contributed by atoms with Crippen molar-refractivity contribution < 1.29 is 23.8 Å². The summed E-state index contributed by atoms with van der Waals surface area (Å²) < 4.78 is 18.3. The van der Waals surface area contributed by atoms with E-state index in [4.69, 9.17) is 4.74 Å². The fraction of sp³-hybridized carbons (Fsp3) is 0.500. The Hall–Kier alpha value is -2.11. The van der Waals surface area contributed by atoms with Gasteiger partial charge in [0.2, 0.25) is 0 Å². The van der Waals surface area contributed by atoms with Crippen LogP contribution in [-0.2, 0) is 9.53 Å². The van der Waals surface area contributed by atoms with Crippen molar-refractivity contribution >= 4 is 12.1 Å². The average molecular weight is 309 g/mol. The molecule has 1 saturated heterocycles. The first-order valence-electron chi connectivity index (χ1n) is 7.15. The third-order valence-electron chi connectivity index (χ3n) is 3.56. The molecule has 1 heterocycles. The van der Waals surface area contributed by atoms with Gasteiger partial charge in [0.05, 0.1) is 0 Å². The van der Waals surface area contributed by atoms with Crippen molar-refractivity contribution in [2.75, 3.05) is 6.54 Å². The Bertz CT molecular complexity index is 565. The van der Waals surface area contributed by atoms with Crippen LogP contribution in [0.5, 0.6) is 0 Å². The molecule has 1 N–H and O–H groups in total. The lowest BCUT2D eigenvalue weighted by molar-refractivity contribution is -0.142. The molecule has 1 aliphatic heterocycles. The summed E-state index contributed by atoms with van der Waals surface area (Å²) in [6.07, 6.45) is -0.343. The molecule has 1 aromatic rings. The topological polar surface area (TPSA) is 66.8 Å². The van der Waals surface area contributed by atoms with Crippen LogP contribution >= 0.6 is 0 Å². The van der Waals surface area contributed by atoms with Crippen LogP contribution < -0.4 is 0 Å². The molecule has 0 aromatic heterocycles. The first-order valence-corrected chi connectivity index (χ1v) is 7.15.